The lowest BCUT2D eigenvalue weighted by Gasteiger charge is -2.18. The number of carbonyl (C=O) groups is 1. The number of aryl methyl sites for hydroxylation is 1. The van der Waals surface area contributed by atoms with Gasteiger partial charge >= 0.3 is 6.03 Å². The Balaban J connectivity index is 1.50. The largest absolute Gasteiger partial charge is 0.331 e. The minimum atomic E-state index is -3.03. The molecule has 0 spiro atoms. The molecule has 2 aliphatic rings. The van der Waals surface area contributed by atoms with E-state index in [9.17, 15) is 13.2 Å². The molecule has 2 fully saturated rings. The lowest BCUT2D eigenvalue weighted by molar-refractivity contribution is 0.249. The summed E-state index contributed by atoms with van der Waals surface area (Å²) in [6.07, 6.45) is 2.72. The van der Waals surface area contributed by atoms with Crippen LogP contribution in [0.1, 0.15) is 61.0 Å². The molecule has 4 rings (SSSR count). The van der Waals surface area contributed by atoms with Gasteiger partial charge in [0, 0.05) is 12.0 Å². The first kappa shape index (κ1) is 19.0. The molecular weight excluding hydrogens is 376 g/mol. The Hall–Kier alpha value is -2.35. The summed E-state index contributed by atoms with van der Waals surface area (Å²) in [5.41, 5.74) is 3.12. The van der Waals surface area contributed by atoms with Crippen molar-refractivity contribution in [2.75, 3.05) is 16.8 Å². The van der Waals surface area contributed by atoms with Crippen LogP contribution in [0, 0.1) is 6.92 Å². The SMILES string of the molecule is Cc1ccccc1[C@H](C)NC(=O)Nc1cc(C2CC2)nn1[C@@H]1CCS(=O)(=O)C1. The Kier molecular flexibility index (Phi) is 4.91. The molecule has 0 radical (unpaired) electrons. The van der Waals surface area contributed by atoms with Gasteiger partial charge in [-0.3, -0.25) is 5.32 Å². The summed E-state index contributed by atoms with van der Waals surface area (Å²) in [4.78, 5) is 12.6. The van der Waals surface area contributed by atoms with Crippen LogP contribution in [0.4, 0.5) is 10.6 Å². The Bertz CT molecular complexity index is 995. The quantitative estimate of drug-likeness (QED) is 0.802. The average Bonchev–Trinajstić information content (AvgIpc) is 3.30. The van der Waals surface area contributed by atoms with E-state index in [0.29, 0.717) is 18.2 Å². The molecule has 1 saturated heterocycles. The molecule has 2 atom stereocenters. The van der Waals surface area contributed by atoms with Gasteiger partial charge in [0.05, 0.1) is 29.3 Å². The van der Waals surface area contributed by atoms with Crippen molar-refractivity contribution in [3.63, 3.8) is 0 Å². The molecule has 1 aliphatic carbocycles. The van der Waals surface area contributed by atoms with Gasteiger partial charge in [-0.05, 0) is 44.2 Å². The number of sulfone groups is 1. The van der Waals surface area contributed by atoms with Crippen molar-refractivity contribution in [2.24, 2.45) is 0 Å². The van der Waals surface area contributed by atoms with Gasteiger partial charge in [0.15, 0.2) is 9.84 Å². The molecule has 2 heterocycles. The van der Waals surface area contributed by atoms with Crippen LogP contribution >= 0.6 is 0 Å². The molecule has 0 unspecified atom stereocenters. The van der Waals surface area contributed by atoms with E-state index in [1.54, 1.807) is 4.68 Å². The zero-order valence-electron chi connectivity index (χ0n) is 16.2. The molecule has 1 saturated carbocycles. The lowest BCUT2D eigenvalue weighted by atomic mass is 10.0. The monoisotopic (exact) mass is 402 g/mol. The van der Waals surface area contributed by atoms with Crippen molar-refractivity contribution in [3.05, 3.63) is 47.2 Å². The van der Waals surface area contributed by atoms with E-state index in [1.807, 2.05) is 44.2 Å². The molecule has 7 nitrogen and oxygen atoms in total. The summed E-state index contributed by atoms with van der Waals surface area (Å²) in [7, 11) is -3.03. The van der Waals surface area contributed by atoms with Gasteiger partial charge in [-0.1, -0.05) is 24.3 Å². The third-order valence-corrected chi connectivity index (χ3v) is 7.30. The fourth-order valence-electron chi connectivity index (χ4n) is 3.83. The summed E-state index contributed by atoms with van der Waals surface area (Å²) in [5, 5.41) is 10.5. The smallest absolute Gasteiger partial charge is 0.320 e. The average molecular weight is 403 g/mol. The molecule has 2 aromatic rings. The number of anilines is 1. The minimum absolute atomic E-state index is 0.0781. The Labute approximate surface area is 165 Å². The fourth-order valence-corrected chi connectivity index (χ4v) is 5.52. The standard InChI is InChI=1S/C20H26N4O3S/c1-13-5-3-4-6-17(13)14(2)21-20(25)22-19-11-18(15-7-8-15)23-24(19)16-9-10-28(26,27)12-16/h3-6,11,14-16H,7-10,12H2,1-2H3,(H2,21,22,25)/t14-,16+/m0/s1. The summed E-state index contributed by atoms with van der Waals surface area (Å²) in [6.45, 7) is 3.96. The molecular formula is C20H26N4O3S. The van der Waals surface area contributed by atoms with Gasteiger partial charge in [0.25, 0.3) is 0 Å². The van der Waals surface area contributed by atoms with E-state index in [2.05, 4.69) is 15.7 Å². The van der Waals surface area contributed by atoms with E-state index in [-0.39, 0.29) is 29.6 Å². The van der Waals surface area contributed by atoms with E-state index in [4.69, 9.17) is 0 Å². The second-order valence-electron chi connectivity index (χ2n) is 7.91. The zero-order chi connectivity index (χ0) is 19.9. The molecule has 0 bridgehead atoms. The van der Waals surface area contributed by atoms with Crippen LogP contribution < -0.4 is 10.6 Å². The normalized spacial score (nSPS) is 22.0. The number of urea groups is 1. The predicted octanol–water partition coefficient (Wildman–Crippen LogP) is 3.31. The maximum absolute atomic E-state index is 12.6. The molecule has 1 aliphatic heterocycles. The van der Waals surface area contributed by atoms with Crippen LogP contribution in [-0.2, 0) is 9.84 Å². The van der Waals surface area contributed by atoms with Crippen LogP contribution in [0.15, 0.2) is 30.3 Å². The fraction of sp³-hybridized carbons (Fsp3) is 0.500. The number of nitrogens with zero attached hydrogens (tertiary/aromatic N) is 2. The minimum Gasteiger partial charge on any atom is -0.331 e. The van der Waals surface area contributed by atoms with Gasteiger partial charge < -0.3 is 5.32 Å². The number of aromatic nitrogens is 2. The van der Waals surface area contributed by atoms with Crippen LogP contribution in [-0.4, -0.2) is 35.7 Å². The number of nitrogens with one attached hydrogen (secondary N) is 2. The third-order valence-electron chi connectivity index (χ3n) is 5.55. The van der Waals surface area contributed by atoms with Crippen LogP contribution in [0.5, 0.6) is 0 Å². The van der Waals surface area contributed by atoms with Crippen molar-refractivity contribution < 1.29 is 13.2 Å². The number of hydrogen-bond acceptors (Lipinski definition) is 4. The predicted molar refractivity (Wildman–Crippen MR) is 108 cm³/mol. The third kappa shape index (κ3) is 4.06. The van der Waals surface area contributed by atoms with Gasteiger partial charge in [-0.15, -0.1) is 0 Å². The highest BCUT2D eigenvalue weighted by molar-refractivity contribution is 7.91. The number of rotatable bonds is 5. The zero-order valence-corrected chi connectivity index (χ0v) is 17.0. The first-order valence-electron chi connectivity index (χ1n) is 9.75. The summed E-state index contributed by atoms with van der Waals surface area (Å²) in [6, 6.07) is 9.15. The van der Waals surface area contributed by atoms with Gasteiger partial charge in [0.2, 0.25) is 0 Å². The number of hydrogen-bond donors (Lipinski definition) is 2. The lowest BCUT2D eigenvalue weighted by Crippen LogP contribution is -2.32. The van der Waals surface area contributed by atoms with E-state index >= 15 is 0 Å². The molecule has 2 amide bonds. The molecule has 150 valence electrons. The Morgan fingerprint density at radius 1 is 1.25 bits per heavy atom. The highest BCUT2D eigenvalue weighted by Gasteiger charge is 2.34. The molecule has 1 aromatic carbocycles. The maximum atomic E-state index is 12.6. The number of amides is 2. The first-order chi connectivity index (χ1) is 13.3. The van der Waals surface area contributed by atoms with Gasteiger partial charge in [0.1, 0.15) is 5.82 Å². The number of benzene rings is 1. The van der Waals surface area contributed by atoms with Gasteiger partial charge in [-0.25, -0.2) is 17.9 Å². The van der Waals surface area contributed by atoms with Crippen molar-refractivity contribution in [3.8, 4) is 0 Å². The Morgan fingerprint density at radius 2 is 2.00 bits per heavy atom. The maximum Gasteiger partial charge on any atom is 0.320 e. The Morgan fingerprint density at radius 3 is 2.64 bits per heavy atom. The summed E-state index contributed by atoms with van der Waals surface area (Å²) >= 11 is 0. The van der Waals surface area contributed by atoms with Crippen molar-refractivity contribution in [1.29, 1.82) is 0 Å². The summed E-state index contributed by atoms with van der Waals surface area (Å²) in [5.74, 6) is 1.24. The van der Waals surface area contributed by atoms with Crippen LogP contribution in [0.2, 0.25) is 0 Å². The van der Waals surface area contributed by atoms with E-state index in [0.717, 1.165) is 29.7 Å². The second kappa shape index (κ2) is 7.24. The highest BCUT2D eigenvalue weighted by Crippen LogP contribution is 2.41. The van der Waals surface area contributed by atoms with Crippen LogP contribution in [0.25, 0.3) is 0 Å². The van der Waals surface area contributed by atoms with E-state index in [1.165, 1.54) is 0 Å². The molecule has 8 heteroatoms. The number of carbonyl (C=O) groups excluding carboxylic acids is 1. The van der Waals surface area contributed by atoms with E-state index < -0.39 is 9.84 Å². The summed E-state index contributed by atoms with van der Waals surface area (Å²) < 4.78 is 25.5. The highest BCUT2D eigenvalue weighted by atomic mass is 32.2. The topological polar surface area (TPSA) is 93.1 Å². The van der Waals surface area contributed by atoms with Crippen molar-refractivity contribution >= 4 is 21.7 Å². The van der Waals surface area contributed by atoms with Crippen LogP contribution in [0.3, 0.4) is 0 Å². The van der Waals surface area contributed by atoms with Crippen molar-refractivity contribution in [1.82, 2.24) is 15.1 Å². The molecule has 28 heavy (non-hydrogen) atoms. The first-order valence-corrected chi connectivity index (χ1v) is 11.6. The van der Waals surface area contributed by atoms with Crippen molar-refractivity contribution in [2.45, 2.75) is 51.1 Å². The molecule has 1 aromatic heterocycles. The second-order valence-corrected chi connectivity index (χ2v) is 10.1. The molecule has 2 N–H and O–H groups in total. The van der Waals surface area contributed by atoms with Gasteiger partial charge in [-0.2, -0.15) is 5.10 Å².